The summed E-state index contributed by atoms with van der Waals surface area (Å²) >= 11 is 0. The van der Waals surface area contributed by atoms with Gasteiger partial charge in [0.25, 0.3) is 5.91 Å². The zero-order chi connectivity index (χ0) is 19.6. The molecule has 0 spiro atoms. The summed E-state index contributed by atoms with van der Waals surface area (Å²) in [7, 11) is 0. The molecule has 1 amide bonds. The van der Waals surface area contributed by atoms with E-state index in [1.807, 2.05) is 43.3 Å². The van der Waals surface area contributed by atoms with Gasteiger partial charge in [0.05, 0.1) is 6.61 Å². The van der Waals surface area contributed by atoms with Crippen LogP contribution in [0.15, 0.2) is 73.1 Å². The van der Waals surface area contributed by atoms with Gasteiger partial charge in [-0.2, -0.15) is 0 Å². The van der Waals surface area contributed by atoms with Crippen LogP contribution in [0, 0.1) is 6.92 Å². The molecule has 2 aromatic carbocycles. The standard InChI is InChI=1S/C23H24N2O3/c1-18-5-2-7-22(15-18)27-14-4-13-25-23(26)20-8-10-21(11-9-20)28-17-19-6-3-12-24-16-19/h2-3,5-12,15-16H,4,13-14,17H2,1H3,(H,25,26). The highest BCUT2D eigenvalue weighted by Crippen LogP contribution is 2.14. The maximum atomic E-state index is 12.2. The molecule has 3 aromatic rings. The van der Waals surface area contributed by atoms with E-state index in [2.05, 4.69) is 10.3 Å². The van der Waals surface area contributed by atoms with Gasteiger partial charge < -0.3 is 14.8 Å². The van der Waals surface area contributed by atoms with Crippen molar-refractivity contribution in [3.05, 3.63) is 89.7 Å². The number of nitrogens with one attached hydrogen (secondary N) is 1. The number of aromatic nitrogens is 1. The Hall–Kier alpha value is -3.34. The lowest BCUT2D eigenvalue weighted by molar-refractivity contribution is 0.0951. The molecule has 5 nitrogen and oxygen atoms in total. The summed E-state index contributed by atoms with van der Waals surface area (Å²) in [6.45, 7) is 3.59. The number of amides is 1. The van der Waals surface area contributed by atoms with Gasteiger partial charge in [-0.1, -0.05) is 18.2 Å². The van der Waals surface area contributed by atoms with Crippen LogP contribution >= 0.6 is 0 Å². The molecule has 1 heterocycles. The van der Waals surface area contributed by atoms with Crippen molar-refractivity contribution in [3.63, 3.8) is 0 Å². The minimum absolute atomic E-state index is 0.102. The summed E-state index contributed by atoms with van der Waals surface area (Å²) in [4.78, 5) is 16.3. The molecule has 0 aliphatic heterocycles. The van der Waals surface area contributed by atoms with Crippen molar-refractivity contribution in [1.82, 2.24) is 10.3 Å². The van der Waals surface area contributed by atoms with Gasteiger partial charge in [-0.25, -0.2) is 0 Å². The smallest absolute Gasteiger partial charge is 0.251 e. The molecule has 0 unspecified atom stereocenters. The van der Waals surface area contributed by atoms with Gasteiger partial charge in [0.1, 0.15) is 18.1 Å². The Morgan fingerprint density at radius 1 is 1.00 bits per heavy atom. The number of benzene rings is 2. The van der Waals surface area contributed by atoms with Gasteiger partial charge in [0.2, 0.25) is 0 Å². The second kappa shape index (κ2) is 10.1. The Labute approximate surface area is 165 Å². The van der Waals surface area contributed by atoms with Gasteiger partial charge in [-0.15, -0.1) is 0 Å². The Morgan fingerprint density at radius 3 is 2.61 bits per heavy atom. The number of carbonyl (C=O) groups excluding carboxylic acids is 1. The highest BCUT2D eigenvalue weighted by molar-refractivity contribution is 5.94. The molecule has 0 bridgehead atoms. The molecule has 28 heavy (non-hydrogen) atoms. The lowest BCUT2D eigenvalue weighted by atomic mass is 10.2. The summed E-state index contributed by atoms with van der Waals surface area (Å²) in [6, 6.07) is 18.9. The zero-order valence-corrected chi connectivity index (χ0v) is 15.9. The number of aryl methyl sites for hydroxylation is 1. The SMILES string of the molecule is Cc1cccc(OCCCNC(=O)c2ccc(OCc3cccnc3)cc2)c1. The summed E-state index contributed by atoms with van der Waals surface area (Å²) < 4.78 is 11.4. The molecule has 1 N–H and O–H groups in total. The van der Waals surface area contributed by atoms with Gasteiger partial charge in [-0.05, 0) is 61.4 Å². The van der Waals surface area contributed by atoms with Crippen LogP contribution < -0.4 is 14.8 Å². The maximum absolute atomic E-state index is 12.2. The zero-order valence-electron chi connectivity index (χ0n) is 15.9. The van der Waals surface area contributed by atoms with E-state index in [1.165, 1.54) is 5.56 Å². The van der Waals surface area contributed by atoms with Crippen LogP contribution in [0.25, 0.3) is 0 Å². The fourth-order valence-electron chi connectivity index (χ4n) is 2.62. The predicted octanol–water partition coefficient (Wildman–Crippen LogP) is 4.17. The molecule has 144 valence electrons. The van der Waals surface area contributed by atoms with E-state index in [4.69, 9.17) is 9.47 Å². The van der Waals surface area contributed by atoms with E-state index in [1.54, 1.807) is 36.7 Å². The molecule has 1 aromatic heterocycles. The predicted molar refractivity (Wildman–Crippen MR) is 109 cm³/mol. The third kappa shape index (κ3) is 6.13. The van der Waals surface area contributed by atoms with Crippen LogP contribution in [0.5, 0.6) is 11.5 Å². The summed E-state index contributed by atoms with van der Waals surface area (Å²) in [6.07, 6.45) is 4.24. The van der Waals surface area contributed by atoms with Crippen LogP contribution in [-0.4, -0.2) is 24.0 Å². The van der Waals surface area contributed by atoms with E-state index in [0.29, 0.717) is 31.1 Å². The molecular weight excluding hydrogens is 352 g/mol. The first-order valence-electron chi connectivity index (χ1n) is 9.30. The number of hydrogen-bond acceptors (Lipinski definition) is 4. The fourth-order valence-corrected chi connectivity index (χ4v) is 2.62. The van der Waals surface area contributed by atoms with E-state index in [0.717, 1.165) is 17.7 Å². The molecule has 5 heteroatoms. The first-order chi connectivity index (χ1) is 13.7. The Bertz CT molecular complexity index is 880. The van der Waals surface area contributed by atoms with Crippen molar-refractivity contribution in [2.24, 2.45) is 0 Å². The second-order valence-electron chi connectivity index (χ2n) is 6.45. The van der Waals surface area contributed by atoms with E-state index in [9.17, 15) is 4.79 Å². The minimum atomic E-state index is -0.102. The van der Waals surface area contributed by atoms with Crippen molar-refractivity contribution in [3.8, 4) is 11.5 Å². The summed E-state index contributed by atoms with van der Waals surface area (Å²) in [5.74, 6) is 1.47. The topological polar surface area (TPSA) is 60.5 Å². The Morgan fingerprint density at radius 2 is 1.86 bits per heavy atom. The third-order valence-electron chi connectivity index (χ3n) is 4.11. The number of carbonyl (C=O) groups is 1. The number of rotatable bonds is 9. The first kappa shape index (κ1) is 19.4. The second-order valence-corrected chi connectivity index (χ2v) is 6.45. The number of ether oxygens (including phenoxy) is 2. The molecular formula is C23H24N2O3. The monoisotopic (exact) mass is 376 g/mol. The van der Waals surface area contributed by atoms with Crippen molar-refractivity contribution in [2.75, 3.05) is 13.2 Å². The van der Waals surface area contributed by atoms with Crippen molar-refractivity contribution < 1.29 is 14.3 Å². The van der Waals surface area contributed by atoms with Crippen LogP contribution in [0.1, 0.15) is 27.9 Å². The number of pyridine rings is 1. The van der Waals surface area contributed by atoms with Gasteiger partial charge in [0, 0.05) is 30.1 Å². The Balaban J connectivity index is 1.37. The molecule has 0 aliphatic carbocycles. The van der Waals surface area contributed by atoms with Crippen molar-refractivity contribution in [1.29, 1.82) is 0 Å². The van der Waals surface area contributed by atoms with Gasteiger partial charge >= 0.3 is 0 Å². The van der Waals surface area contributed by atoms with E-state index < -0.39 is 0 Å². The van der Waals surface area contributed by atoms with E-state index >= 15 is 0 Å². The van der Waals surface area contributed by atoms with Gasteiger partial charge in [0.15, 0.2) is 0 Å². The number of hydrogen-bond donors (Lipinski definition) is 1. The first-order valence-corrected chi connectivity index (χ1v) is 9.30. The third-order valence-corrected chi connectivity index (χ3v) is 4.11. The molecule has 0 aliphatic rings. The molecule has 0 radical (unpaired) electrons. The fraction of sp³-hybridized carbons (Fsp3) is 0.217. The molecule has 0 saturated carbocycles. The van der Waals surface area contributed by atoms with E-state index in [-0.39, 0.29) is 5.91 Å². The molecule has 0 saturated heterocycles. The summed E-state index contributed by atoms with van der Waals surface area (Å²) in [5.41, 5.74) is 2.77. The number of nitrogens with zero attached hydrogens (tertiary/aromatic N) is 1. The lowest BCUT2D eigenvalue weighted by Gasteiger charge is -2.09. The minimum Gasteiger partial charge on any atom is -0.494 e. The quantitative estimate of drug-likeness (QED) is 0.570. The summed E-state index contributed by atoms with van der Waals surface area (Å²) in [5, 5.41) is 2.91. The highest BCUT2D eigenvalue weighted by atomic mass is 16.5. The van der Waals surface area contributed by atoms with Crippen molar-refractivity contribution in [2.45, 2.75) is 20.0 Å². The highest BCUT2D eigenvalue weighted by Gasteiger charge is 2.05. The van der Waals surface area contributed by atoms with Crippen LogP contribution in [0.3, 0.4) is 0 Å². The average Bonchev–Trinajstić information content (AvgIpc) is 2.73. The van der Waals surface area contributed by atoms with Crippen LogP contribution in [0.2, 0.25) is 0 Å². The largest absolute Gasteiger partial charge is 0.494 e. The molecule has 3 rings (SSSR count). The van der Waals surface area contributed by atoms with Gasteiger partial charge in [-0.3, -0.25) is 9.78 Å². The van der Waals surface area contributed by atoms with Crippen LogP contribution in [0.4, 0.5) is 0 Å². The lowest BCUT2D eigenvalue weighted by Crippen LogP contribution is -2.25. The van der Waals surface area contributed by atoms with Crippen molar-refractivity contribution >= 4 is 5.91 Å². The Kier molecular flexibility index (Phi) is 7.01. The normalized spacial score (nSPS) is 10.3. The average molecular weight is 376 g/mol. The molecule has 0 fully saturated rings. The van der Waals surface area contributed by atoms with Crippen LogP contribution in [-0.2, 0) is 6.61 Å². The maximum Gasteiger partial charge on any atom is 0.251 e. The molecule has 0 atom stereocenters.